The van der Waals surface area contributed by atoms with E-state index in [1.165, 1.54) is 10.3 Å². The van der Waals surface area contributed by atoms with Gasteiger partial charge in [0.1, 0.15) is 5.01 Å². The molecule has 0 bridgehead atoms. The molecule has 1 heterocycles. The number of anilines is 1. The normalized spacial score (nSPS) is 12.0. The van der Waals surface area contributed by atoms with E-state index >= 15 is 0 Å². The zero-order valence-corrected chi connectivity index (χ0v) is 18.8. The Kier molecular flexibility index (Phi) is 7.18. The first-order chi connectivity index (χ1) is 14.4. The Morgan fingerprint density at radius 3 is 2.43 bits per heavy atom. The lowest BCUT2D eigenvalue weighted by atomic mass is 10.2. The number of fused-ring (bicyclic) bond motifs is 1. The molecule has 0 spiro atoms. The Morgan fingerprint density at radius 2 is 1.77 bits per heavy atom. The molecule has 0 saturated carbocycles. The monoisotopic (exact) mass is 425 g/mol. The minimum Gasteiger partial charge on any atom is -0.338 e. The highest BCUT2D eigenvalue weighted by Gasteiger charge is 2.18. The second kappa shape index (κ2) is 9.82. The van der Waals surface area contributed by atoms with Gasteiger partial charge in [0.15, 0.2) is 13.1 Å². The summed E-state index contributed by atoms with van der Waals surface area (Å²) < 4.78 is 1.17. The first-order valence-electron chi connectivity index (χ1n) is 10.3. The molecule has 3 aromatic rings. The number of quaternary nitrogens is 1. The number of carbonyl (C=O) groups is 2. The van der Waals surface area contributed by atoms with Gasteiger partial charge in [0.2, 0.25) is 0 Å². The molecule has 2 aromatic carbocycles. The summed E-state index contributed by atoms with van der Waals surface area (Å²) in [5, 5.41) is 3.88. The quantitative estimate of drug-likeness (QED) is 0.583. The third-order valence-corrected chi connectivity index (χ3v) is 6.06. The van der Waals surface area contributed by atoms with E-state index in [4.69, 9.17) is 4.98 Å². The van der Waals surface area contributed by atoms with Gasteiger partial charge in [0.25, 0.3) is 11.8 Å². The van der Waals surface area contributed by atoms with Crippen molar-refractivity contribution in [2.24, 2.45) is 0 Å². The van der Waals surface area contributed by atoms with Crippen LogP contribution in [0.15, 0.2) is 42.5 Å². The molecule has 0 aliphatic carbocycles. The Balaban J connectivity index is 1.58. The van der Waals surface area contributed by atoms with Crippen molar-refractivity contribution in [1.82, 2.24) is 9.88 Å². The largest absolute Gasteiger partial charge is 0.338 e. The summed E-state index contributed by atoms with van der Waals surface area (Å²) in [5.41, 5.74) is 3.99. The minimum atomic E-state index is -0.108. The van der Waals surface area contributed by atoms with Crippen LogP contribution in [0.2, 0.25) is 0 Å². The lowest BCUT2D eigenvalue weighted by Gasteiger charge is -2.20. The molecule has 2 N–H and O–H groups in total. The van der Waals surface area contributed by atoms with Crippen molar-refractivity contribution in [2.45, 2.75) is 20.8 Å². The van der Waals surface area contributed by atoms with Crippen molar-refractivity contribution in [3.05, 3.63) is 48.0 Å². The summed E-state index contributed by atoms with van der Waals surface area (Å²) in [4.78, 5) is 31.9. The van der Waals surface area contributed by atoms with Gasteiger partial charge >= 0.3 is 0 Å². The first-order valence-corrected chi connectivity index (χ1v) is 11.1. The molecular weight excluding hydrogens is 396 g/mol. The van der Waals surface area contributed by atoms with Crippen molar-refractivity contribution in [3.8, 4) is 10.6 Å². The van der Waals surface area contributed by atoms with Crippen LogP contribution in [-0.4, -0.2) is 54.9 Å². The molecule has 3 rings (SSSR count). The smallest absolute Gasteiger partial charge is 0.279 e. The predicted molar refractivity (Wildman–Crippen MR) is 123 cm³/mol. The number of aromatic nitrogens is 1. The number of hydrogen-bond donors (Lipinski definition) is 2. The van der Waals surface area contributed by atoms with Crippen molar-refractivity contribution in [2.75, 3.05) is 38.5 Å². The Hall–Kier alpha value is -2.77. The summed E-state index contributed by atoms with van der Waals surface area (Å²) in [7, 11) is 1.86. The van der Waals surface area contributed by atoms with Gasteiger partial charge < -0.3 is 15.1 Å². The third-order valence-electron chi connectivity index (χ3n) is 4.99. The standard InChI is InChI=1S/C23H28N4O2S/c1-5-27(6-2)22(29)15-26(4)14-21(28)24-18-10-8-17(9-11-18)23-25-19-12-7-16(3)13-20(19)30-23/h7-13H,5-6,14-15H2,1-4H3,(H,24,28)/p+1. The maximum atomic E-state index is 12.4. The molecule has 0 aliphatic heterocycles. The van der Waals surface area contributed by atoms with Gasteiger partial charge in [-0.25, -0.2) is 4.98 Å². The average molecular weight is 426 g/mol. The minimum absolute atomic E-state index is 0.0701. The number of nitrogens with one attached hydrogen (secondary N) is 2. The number of aryl methyl sites for hydroxylation is 1. The number of likely N-dealkylation sites (N-methyl/N-ethyl adjacent to an activating group) is 2. The number of thiazole rings is 1. The van der Waals surface area contributed by atoms with Crippen molar-refractivity contribution < 1.29 is 14.5 Å². The van der Waals surface area contributed by atoms with Crippen LogP contribution in [0.3, 0.4) is 0 Å². The van der Waals surface area contributed by atoms with Crippen molar-refractivity contribution in [3.63, 3.8) is 0 Å². The van der Waals surface area contributed by atoms with Gasteiger partial charge in [-0.15, -0.1) is 11.3 Å². The van der Waals surface area contributed by atoms with Crippen LogP contribution in [0.5, 0.6) is 0 Å². The molecule has 0 aliphatic rings. The van der Waals surface area contributed by atoms with E-state index in [-0.39, 0.29) is 18.4 Å². The van der Waals surface area contributed by atoms with Crippen LogP contribution in [-0.2, 0) is 9.59 Å². The molecule has 30 heavy (non-hydrogen) atoms. The van der Waals surface area contributed by atoms with E-state index in [1.54, 1.807) is 16.2 Å². The number of amides is 2. The molecular formula is C23H29N4O2S+. The summed E-state index contributed by atoms with van der Waals surface area (Å²) in [6, 6.07) is 14.0. The maximum absolute atomic E-state index is 12.4. The van der Waals surface area contributed by atoms with Gasteiger partial charge in [0, 0.05) is 24.3 Å². The maximum Gasteiger partial charge on any atom is 0.279 e. The second-order valence-electron chi connectivity index (χ2n) is 7.49. The van der Waals surface area contributed by atoms with E-state index in [2.05, 4.69) is 24.4 Å². The zero-order chi connectivity index (χ0) is 21.7. The van der Waals surface area contributed by atoms with Gasteiger partial charge in [-0.3, -0.25) is 9.59 Å². The third kappa shape index (κ3) is 5.43. The van der Waals surface area contributed by atoms with Crippen LogP contribution in [0, 0.1) is 6.92 Å². The van der Waals surface area contributed by atoms with Crippen LogP contribution < -0.4 is 10.2 Å². The van der Waals surface area contributed by atoms with E-state index < -0.39 is 0 Å². The lowest BCUT2D eigenvalue weighted by Crippen LogP contribution is -3.11. The van der Waals surface area contributed by atoms with Crippen LogP contribution in [0.25, 0.3) is 20.8 Å². The van der Waals surface area contributed by atoms with Gasteiger partial charge in [-0.1, -0.05) is 6.07 Å². The molecule has 6 nitrogen and oxygen atoms in total. The summed E-state index contributed by atoms with van der Waals surface area (Å²) in [6.45, 7) is 7.93. The van der Waals surface area contributed by atoms with Crippen molar-refractivity contribution >= 4 is 39.1 Å². The number of hydrogen-bond acceptors (Lipinski definition) is 4. The Labute approximate surface area is 181 Å². The average Bonchev–Trinajstić information content (AvgIpc) is 3.12. The van der Waals surface area contributed by atoms with E-state index in [1.807, 2.05) is 51.2 Å². The highest BCUT2D eigenvalue weighted by molar-refractivity contribution is 7.21. The van der Waals surface area contributed by atoms with E-state index in [0.29, 0.717) is 19.6 Å². The molecule has 1 atom stereocenters. The molecule has 2 amide bonds. The summed E-state index contributed by atoms with van der Waals surface area (Å²) in [6.07, 6.45) is 0. The molecule has 1 unspecified atom stereocenters. The number of benzene rings is 2. The van der Waals surface area contributed by atoms with Crippen LogP contribution in [0.4, 0.5) is 5.69 Å². The fraction of sp³-hybridized carbons (Fsp3) is 0.348. The number of rotatable bonds is 8. The van der Waals surface area contributed by atoms with Crippen LogP contribution in [0.1, 0.15) is 19.4 Å². The Bertz CT molecular complexity index is 1030. The molecule has 0 radical (unpaired) electrons. The van der Waals surface area contributed by atoms with Gasteiger partial charge in [0.05, 0.1) is 17.3 Å². The predicted octanol–water partition coefficient (Wildman–Crippen LogP) is 2.59. The molecule has 158 valence electrons. The molecule has 0 saturated heterocycles. The molecule has 7 heteroatoms. The molecule has 0 fully saturated rings. The SMILES string of the molecule is CCN(CC)C(=O)C[NH+](C)CC(=O)Nc1ccc(-c2nc3ccc(C)cc3s2)cc1. The fourth-order valence-electron chi connectivity index (χ4n) is 3.34. The second-order valence-corrected chi connectivity index (χ2v) is 8.52. The fourth-order valence-corrected chi connectivity index (χ4v) is 4.41. The lowest BCUT2D eigenvalue weighted by molar-refractivity contribution is -0.862. The highest BCUT2D eigenvalue weighted by atomic mass is 32.1. The number of carbonyl (C=O) groups excluding carboxylic acids is 2. The van der Waals surface area contributed by atoms with Gasteiger partial charge in [-0.2, -0.15) is 0 Å². The van der Waals surface area contributed by atoms with Crippen molar-refractivity contribution in [1.29, 1.82) is 0 Å². The van der Waals surface area contributed by atoms with Crippen LogP contribution >= 0.6 is 11.3 Å². The summed E-state index contributed by atoms with van der Waals surface area (Å²) in [5.74, 6) is -0.0382. The summed E-state index contributed by atoms with van der Waals surface area (Å²) >= 11 is 1.67. The molecule has 1 aromatic heterocycles. The topological polar surface area (TPSA) is 66.7 Å². The van der Waals surface area contributed by atoms with E-state index in [0.717, 1.165) is 26.7 Å². The first kappa shape index (κ1) is 21.9. The number of nitrogens with zero attached hydrogens (tertiary/aromatic N) is 2. The zero-order valence-electron chi connectivity index (χ0n) is 18.0. The highest BCUT2D eigenvalue weighted by Crippen LogP contribution is 2.31. The Morgan fingerprint density at radius 1 is 1.07 bits per heavy atom. The van der Waals surface area contributed by atoms with Gasteiger partial charge in [-0.05, 0) is 62.7 Å². The van der Waals surface area contributed by atoms with E-state index in [9.17, 15) is 9.59 Å².